The van der Waals surface area contributed by atoms with Crippen LogP contribution in [0.1, 0.15) is 52.9 Å². The van der Waals surface area contributed by atoms with Gasteiger partial charge in [-0.15, -0.1) is 24.0 Å². The summed E-state index contributed by atoms with van der Waals surface area (Å²) >= 11 is 0. The van der Waals surface area contributed by atoms with Gasteiger partial charge >= 0.3 is 0 Å². The summed E-state index contributed by atoms with van der Waals surface area (Å²) in [6, 6.07) is 0. The van der Waals surface area contributed by atoms with Gasteiger partial charge in [-0.25, -0.2) is 0 Å². The topological polar surface area (TPSA) is 74.8 Å². The fraction of sp³-hybridized carbons (Fsp3) is 0.889. The monoisotopic (exact) mass is 468 g/mol. The normalized spacial score (nSPS) is 16.9. The molecule has 1 rings (SSSR count). The van der Waals surface area contributed by atoms with E-state index in [1.807, 2.05) is 20.8 Å². The molecule has 0 radical (unpaired) electrons. The van der Waals surface area contributed by atoms with Crippen molar-refractivity contribution >= 4 is 35.8 Å². The summed E-state index contributed by atoms with van der Waals surface area (Å²) in [6.07, 6.45) is 6.15. The van der Waals surface area contributed by atoms with E-state index in [-0.39, 0.29) is 29.9 Å². The molecule has 1 fully saturated rings. The van der Waals surface area contributed by atoms with E-state index >= 15 is 0 Å². The molecule has 0 saturated heterocycles. The number of carbonyl (C=O) groups excluding carboxylic acids is 1. The Balaban J connectivity index is 0.00000576. The lowest BCUT2D eigenvalue weighted by molar-refractivity contribution is -0.128. The number of nitrogens with one attached hydrogen (secondary N) is 3. The molecule has 6 nitrogen and oxygen atoms in total. The van der Waals surface area contributed by atoms with E-state index in [1.165, 1.54) is 25.7 Å². The Morgan fingerprint density at radius 2 is 1.84 bits per heavy atom. The van der Waals surface area contributed by atoms with Crippen LogP contribution in [-0.4, -0.2) is 52.3 Å². The highest BCUT2D eigenvalue weighted by atomic mass is 127. The van der Waals surface area contributed by atoms with Crippen molar-refractivity contribution in [2.75, 3.05) is 40.4 Å². The average Bonchev–Trinajstić information content (AvgIpc) is 3.02. The predicted molar refractivity (Wildman–Crippen MR) is 115 cm³/mol. The van der Waals surface area contributed by atoms with E-state index in [1.54, 1.807) is 14.2 Å². The molecule has 0 spiro atoms. The van der Waals surface area contributed by atoms with Crippen LogP contribution < -0.4 is 16.0 Å². The zero-order chi connectivity index (χ0) is 18.1. The second kappa shape index (κ2) is 11.9. The molecule has 148 valence electrons. The minimum atomic E-state index is -0.477. The van der Waals surface area contributed by atoms with E-state index in [2.05, 4.69) is 20.9 Å². The van der Waals surface area contributed by atoms with Crippen molar-refractivity contribution in [3.63, 3.8) is 0 Å². The fourth-order valence-electron chi connectivity index (χ4n) is 3.24. The highest BCUT2D eigenvalue weighted by Crippen LogP contribution is 2.40. The first kappa shape index (κ1) is 24.4. The first-order valence-corrected chi connectivity index (χ1v) is 9.11. The quantitative estimate of drug-likeness (QED) is 0.276. The van der Waals surface area contributed by atoms with Gasteiger partial charge in [-0.05, 0) is 45.4 Å². The number of guanidine groups is 1. The third kappa shape index (κ3) is 8.11. The zero-order valence-corrected chi connectivity index (χ0v) is 18.9. The molecule has 3 N–H and O–H groups in total. The van der Waals surface area contributed by atoms with E-state index in [9.17, 15) is 4.79 Å². The minimum Gasteiger partial charge on any atom is -0.385 e. The van der Waals surface area contributed by atoms with Gasteiger partial charge in [0.2, 0.25) is 5.91 Å². The van der Waals surface area contributed by atoms with Crippen molar-refractivity contribution in [2.45, 2.75) is 52.9 Å². The number of hydrogen-bond donors (Lipinski definition) is 3. The van der Waals surface area contributed by atoms with E-state index < -0.39 is 5.41 Å². The molecule has 0 atom stereocenters. The highest BCUT2D eigenvalue weighted by Gasteiger charge is 2.34. The molecule has 1 saturated carbocycles. The predicted octanol–water partition coefficient (Wildman–Crippen LogP) is 2.53. The van der Waals surface area contributed by atoms with Crippen LogP contribution in [0.4, 0.5) is 0 Å². The maximum absolute atomic E-state index is 12.1. The molecule has 0 unspecified atom stereocenters. The van der Waals surface area contributed by atoms with Gasteiger partial charge in [-0.2, -0.15) is 0 Å². The Morgan fingerprint density at radius 1 is 1.20 bits per heavy atom. The van der Waals surface area contributed by atoms with Gasteiger partial charge in [-0.1, -0.05) is 12.8 Å². The van der Waals surface area contributed by atoms with Crippen LogP contribution in [0.15, 0.2) is 4.99 Å². The molecule has 1 aliphatic carbocycles. The van der Waals surface area contributed by atoms with Crippen molar-refractivity contribution < 1.29 is 9.53 Å². The number of carbonyl (C=O) groups is 1. The second-order valence-electron chi connectivity index (χ2n) is 7.47. The van der Waals surface area contributed by atoms with Gasteiger partial charge in [0.15, 0.2) is 5.96 Å². The third-order valence-corrected chi connectivity index (χ3v) is 5.00. The Bertz CT molecular complexity index is 421. The van der Waals surface area contributed by atoms with Crippen molar-refractivity contribution in [2.24, 2.45) is 15.8 Å². The largest absolute Gasteiger partial charge is 0.385 e. The zero-order valence-electron chi connectivity index (χ0n) is 16.5. The van der Waals surface area contributed by atoms with E-state index in [0.717, 1.165) is 25.5 Å². The number of ether oxygens (including phenoxy) is 1. The number of aliphatic imine (C=N–C) groups is 1. The SMILES string of the molecule is CCNC(=O)C(C)(C)CNC(=NC)NCC1(CCOC)CCCC1.I. The fourth-order valence-corrected chi connectivity index (χ4v) is 3.24. The van der Waals surface area contributed by atoms with Crippen molar-refractivity contribution in [1.29, 1.82) is 0 Å². The first-order valence-electron chi connectivity index (χ1n) is 9.11. The number of halogens is 1. The minimum absolute atomic E-state index is 0. The molecule has 0 aromatic rings. The number of methoxy groups -OCH3 is 1. The van der Waals surface area contributed by atoms with Crippen LogP contribution in [0.25, 0.3) is 0 Å². The van der Waals surface area contributed by atoms with Crippen LogP contribution in [0, 0.1) is 10.8 Å². The van der Waals surface area contributed by atoms with Gasteiger partial charge in [0, 0.05) is 40.4 Å². The molecule has 25 heavy (non-hydrogen) atoms. The number of hydrogen-bond acceptors (Lipinski definition) is 3. The lowest BCUT2D eigenvalue weighted by Crippen LogP contribution is -2.49. The summed E-state index contributed by atoms with van der Waals surface area (Å²) in [7, 11) is 3.53. The van der Waals surface area contributed by atoms with Crippen LogP contribution in [0.2, 0.25) is 0 Å². The summed E-state index contributed by atoms with van der Waals surface area (Å²) in [5.41, 5.74) is -0.169. The molecule has 7 heteroatoms. The van der Waals surface area contributed by atoms with Gasteiger partial charge in [0.1, 0.15) is 0 Å². The number of nitrogens with zero attached hydrogens (tertiary/aromatic N) is 1. The second-order valence-corrected chi connectivity index (χ2v) is 7.47. The van der Waals surface area contributed by atoms with Crippen molar-refractivity contribution in [3.05, 3.63) is 0 Å². The molecular formula is C18H37IN4O2. The standard InChI is InChI=1S/C18H36N4O2.HI/c1-6-20-15(23)17(2,3)13-21-16(19-4)22-14-18(11-12-24-5)9-7-8-10-18;/h6-14H2,1-5H3,(H,20,23)(H2,19,21,22);1H. The number of amides is 1. The summed E-state index contributed by atoms with van der Waals surface area (Å²) in [6.45, 7) is 8.71. The van der Waals surface area contributed by atoms with Crippen LogP contribution in [-0.2, 0) is 9.53 Å². The van der Waals surface area contributed by atoms with Gasteiger partial charge in [0.05, 0.1) is 5.41 Å². The summed E-state index contributed by atoms with van der Waals surface area (Å²) in [5.74, 6) is 0.816. The van der Waals surface area contributed by atoms with Crippen LogP contribution in [0.5, 0.6) is 0 Å². The molecule has 1 amide bonds. The number of rotatable bonds is 9. The van der Waals surface area contributed by atoms with E-state index in [0.29, 0.717) is 18.5 Å². The summed E-state index contributed by atoms with van der Waals surface area (Å²) in [4.78, 5) is 16.4. The van der Waals surface area contributed by atoms with Crippen LogP contribution in [0.3, 0.4) is 0 Å². The average molecular weight is 468 g/mol. The van der Waals surface area contributed by atoms with Crippen molar-refractivity contribution in [3.8, 4) is 0 Å². The van der Waals surface area contributed by atoms with Gasteiger partial charge in [0.25, 0.3) is 0 Å². The Kier molecular flexibility index (Phi) is 11.7. The molecule has 0 heterocycles. The molecule has 0 aromatic heterocycles. The third-order valence-electron chi connectivity index (χ3n) is 5.00. The molecule has 1 aliphatic rings. The molecule has 0 aromatic carbocycles. The Labute approximate surface area is 170 Å². The summed E-state index contributed by atoms with van der Waals surface area (Å²) in [5, 5.41) is 9.63. The molecule has 0 bridgehead atoms. The Hall–Kier alpha value is -0.570. The van der Waals surface area contributed by atoms with E-state index in [4.69, 9.17) is 4.74 Å². The first-order chi connectivity index (χ1) is 11.4. The lowest BCUT2D eigenvalue weighted by atomic mass is 9.83. The highest BCUT2D eigenvalue weighted by molar-refractivity contribution is 14.0. The lowest BCUT2D eigenvalue weighted by Gasteiger charge is -2.30. The van der Waals surface area contributed by atoms with Gasteiger partial charge < -0.3 is 20.7 Å². The van der Waals surface area contributed by atoms with Gasteiger partial charge in [-0.3, -0.25) is 9.79 Å². The Morgan fingerprint density at radius 3 is 2.36 bits per heavy atom. The van der Waals surface area contributed by atoms with Crippen LogP contribution >= 0.6 is 24.0 Å². The smallest absolute Gasteiger partial charge is 0.227 e. The maximum atomic E-state index is 12.1. The maximum Gasteiger partial charge on any atom is 0.227 e. The molecular weight excluding hydrogens is 431 g/mol. The van der Waals surface area contributed by atoms with Crippen molar-refractivity contribution in [1.82, 2.24) is 16.0 Å². The molecule has 0 aliphatic heterocycles. The summed E-state index contributed by atoms with van der Waals surface area (Å²) < 4.78 is 5.29.